The Morgan fingerprint density at radius 2 is 2.18 bits per heavy atom. The molecule has 0 aliphatic carbocycles. The average Bonchev–Trinajstić information content (AvgIpc) is 2.74. The lowest BCUT2D eigenvalue weighted by Gasteiger charge is -2.20. The molecule has 4 heteroatoms. The van der Waals surface area contributed by atoms with E-state index < -0.39 is 0 Å². The molecule has 0 fully saturated rings. The van der Waals surface area contributed by atoms with E-state index >= 15 is 0 Å². The van der Waals surface area contributed by atoms with Gasteiger partial charge < -0.3 is 15.1 Å². The van der Waals surface area contributed by atoms with Crippen LogP contribution in [0.5, 0.6) is 0 Å². The van der Waals surface area contributed by atoms with Gasteiger partial charge in [0.1, 0.15) is 11.5 Å². The van der Waals surface area contributed by atoms with Gasteiger partial charge in [-0.05, 0) is 30.7 Å². The van der Waals surface area contributed by atoms with Gasteiger partial charge in [-0.3, -0.25) is 4.98 Å². The molecule has 2 aromatic heterocycles. The van der Waals surface area contributed by atoms with Crippen LogP contribution in [-0.2, 0) is 13.1 Å². The van der Waals surface area contributed by atoms with Crippen LogP contribution in [0.4, 0.5) is 5.69 Å². The molecule has 0 aliphatic heterocycles. The van der Waals surface area contributed by atoms with Gasteiger partial charge in [0, 0.05) is 19.8 Å². The quantitative estimate of drug-likeness (QED) is 0.875. The third-order valence-electron chi connectivity index (χ3n) is 2.71. The van der Waals surface area contributed by atoms with E-state index in [0.29, 0.717) is 13.1 Å². The smallest absolute Gasteiger partial charge is 0.123 e. The highest BCUT2D eigenvalue weighted by Gasteiger charge is 2.08. The second kappa shape index (κ2) is 5.01. The molecule has 2 aromatic rings. The first-order chi connectivity index (χ1) is 8.20. The molecule has 2 rings (SSSR count). The fourth-order valence-electron chi connectivity index (χ4n) is 1.82. The Hall–Kier alpha value is -1.81. The minimum Gasteiger partial charge on any atom is -0.464 e. The van der Waals surface area contributed by atoms with Crippen LogP contribution in [0.2, 0.25) is 0 Å². The summed E-state index contributed by atoms with van der Waals surface area (Å²) in [5.74, 6) is 1.87. The molecule has 0 saturated heterocycles. The Balaban J connectivity index is 2.16. The third-order valence-corrected chi connectivity index (χ3v) is 2.71. The Bertz CT molecular complexity index is 493. The Morgan fingerprint density at radius 3 is 2.82 bits per heavy atom. The first-order valence-corrected chi connectivity index (χ1v) is 5.60. The number of hydrogen-bond donors (Lipinski definition) is 1. The number of anilines is 1. The van der Waals surface area contributed by atoms with Gasteiger partial charge in [0.15, 0.2) is 0 Å². The lowest BCUT2D eigenvalue weighted by Crippen LogP contribution is -2.18. The van der Waals surface area contributed by atoms with E-state index in [9.17, 15) is 0 Å². The normalized spacial score (nSPS) is 10.5. The van der Waals surface area contributed by atoms with Gasteiger partial charge in [0.25, 0.3) is 0 Å². The van der Waals surface area contributed by atoms with Crippen molar-refractivity contribution in [3.8, 4) is 0 Å². The fraction of sp³-hybridized carbons (Fsp3) is 0.308. The van der Waals surface area contributed by atoms with Gasteiger partial charge in [0.05, 0.1) is 18.4 Å². The standard InChI is InChI=1S/C13H17N3O/c1-10-3-4-12(17-10)9-16(2)13-8-15-6-5-11(13)7-14/h3-6,8H,7,9,14H2,1-2H3. The van der Waals surface area contributed by atoms with Crippen molar-refractivity contribution in [1.82, 2.24) is 4.98 Å². The molecule has 2 heterocycles. The lowest BCUT2D eigenvalue weighted by atomic mass is 10.2. The molecule has 0 radical (unpaired) electrons. The Kier molecular flexibility index (Phi) is 3.44. The van der Waals surface area contributed by atoms with Crippen molar-refractivity contribution in [1.29, 1.82) is 0 Å². The second-order valence-corrected chi connectivity index (χ2v) is 4.08. The molecule has 0 atom stereocenters. The summed E-state index contributed by atoms with van der Waals surface area (Å²) in [6.45, 7) is 3.17. The molecule has 0 bridgehead atoms. The number of rotatable bonds is 4. The summed E-state index contributed by atoms with van der Waals surface area (Å²) in [4.78, 5) is 6.22. The van der Waals surface area contributed by atoms with Crippen molar-refractivity contribution in [2.24, 2.45) is 5.73 Å². The van der Waals surface area contributed by atoms with E-state index in [1.165, 1.54) is 0 Å². The zero-order valence-corrected chi connectivity index (χ0v) is 10.2. The highest BCUT2D eigenvalue weighted by Crippen LogP contribution is 2.20. The highest BCUT2D eigenvalue weighted by atomic mass is 16.3. The van der Waals surface area contributed by atoms with Crippen molar-refractivity contribution in [2.75, 3.05) is 11.9 Å². The van der Waals surface area contributed by atoms with E-state index in [2.05, 4.69) is 9.88 Å². The van der Waals surface area contributed by atoms with Gasteiger partial charge in [-0.25, -0.2) is 0 Å². The summed E-state index contributed by atoms with van der Waals surface area (Å²) in [5.41, 5.74) is 7.84. The number of furan rings is 1. The zero-order valence-electron chi connectivity index (χ0n) is 10.2. The minimum absolute atomic E-state index is 0.513. The zero-order chi connectivity index (χ0) is 12.3. The van der Waals surface area contributed by atoms with Crippen LogP contribution in [0.1, 0.15) is 17.1 Å². The van der Waals surface area contributed by atoms with Crippen molar-refractivity contribution >= 4 is 5.69 Å². The fourth-order valence-corrected chi connectivity index (χ4v) is 1.82. The van der Waals surface area contributed by atoms with Crippen molar-refractivity contribution in [2.45, 2.75) is 20.0 Å². The molecular formula is C13H17N3O. The summed E-state index contributed by atoms with van der Waals surface area (Å²) in [5, 5.41) is 0. The number of pyridine rings is 1. The Morgan fingerprint density at radius 1 is 1.35 bits per heavy atom. The monoisotopic (exact) mass is 231 g/mol. The summed E-state index contributed by atoms with van der Waals surface area (Å²) in [7, 11) is 2.01. The maximum absolute atomic E-state index is 5.71. The molecule has 4 nitrogen and oxygen atoms in total. The van der Waals surface area contributed by atoms with E-state index in [0.717, 1.165) is 22.8 Å². The number of nitrogens with zero attached hydrogens (tertiary/aromatic N) is 2. The molecule has 0 unspecified atom stereocenters. The van der Waals surface area contributed by atoms with Crippen molar-refractivity contribution in [3.63, 3.8) is 0 Å². The molecule has 0 aromatic carbocycles. The minimum atomic E-state index is 0.513. The summed E-state index contributed by atoms with van der Waals surface area (Å²) >= 11 is 0. The topological polar surface area (TPSA) is 55.3 Å². The van der Waals surface area contributed by atoms with E-state index in [1.807, 2.05) is 38.4 Å². The van der Waals surface area contributed by atoms with Gasteiger partial charge in [-0.15, -0.1) is 0 Å². The van der Waals surface area contributed by atoms with Crippen molar-refractivity contribution in [3.05, 3.63) is 47.7 Å². The van der Waals surface area contributed by atoms with Crippen LogP contribution < -0.4 is 10.6 Å². The SMILES string of the molecule is Cc1ccc(CN(C)c2cnccc2CN)o1. The van der Waals surface area contributed by atoms with Crippen LogP contribution >= 0.6 is 0 Å². The average molecular weight is 231 g/mol. The number of hydrogen-bond acceptors (Lipinski definition) is 4. The first-order valence-electron chi connectivity index (χ1n) is 5.60. The summed E-state index contributed by atoms with van der Waals surface area (Å²) in [6, 6.07) is 5.90. The largest absolute Gasteiger partial charge is 0.464 e. The molecule has 17 heavy (non-hydrogen) atoms. The second-order valence-electron chi connectivity index (χ2n) is 4.08. The molecule has 0 aliphatic rings. The number of nitrogens with two attached hydrogens (primary N) is 1. The molecule has 0 amide bonds. The lowest BCUT2D eigenvalue weighted by molar-refractivity contribution is 0.481. The first kappa shape index (κ1) is 11.7. The summed E-state index contributed by atoms with van der Waals surface area (Å²) in [6.07, 6.45) is 3.59. The van der Waals surface area contributed by atoms with Gasteiger partial charge in [-0.2, -0.15) is 0 Å². The van der Waals surface area contributed by atoms with Gasteiger partial charge in [-0.1, -0.05) is 0 Å². The van der Waals surface area contributed by atoms with Gasteiger partial charge >= 0.3 is 0 Å². The molecule has 0 spiro atoms. The Labute approximate surface area is 101 Å². The van der Waals surface area contributed by atoms with E-state index in [1.54, 1.807) is 6.20 Å². The maximum atomic E-state index is 5.71. The molecule has 90 valence electrons. The van der Waals surface area contributed by atoms with Crippen molar-refractivity contribution < 1.29 is 4.42 Å². The third kappa shape index (κ3) is 2.65. The van der Waals surface area contributed by atoms with Crippen LogP contribution in [0.15, 0.2) is 35.0 Å². The summed E-state index contributed by atoms with van der Waals surface area (Å²) < 4.78 is 5.56. The van der Waals surface area contributed by atoms with Crippen LogP contribution in [0, 0.1) is 6.92 Å². The van der Waals surface area contributed by atoms with Gasteiger partial charge in [0.2, 0.25) is 0 Å². The van der Waals surface area contributed by atoms with Crippen LogP contribution in [0.25, 0.3) is 0 Å². The predicted octanol–water partition coefficient (Wildman–Crippen LogP) is 2.08. The van der Waals surface area contributed by atoms with Crippen LogP contribution in [0.3, 0.4) is 0 Å². The maximum Gasteiger partial charge on any atom is 0.123 e. The number of aromatic nitrogens is 1. The van der Waals surface area contributed by atoms with Crippen LogP contribution in [-0.4, -0.2) is 12.0 Å². The number of aryl methyl sites for hydroxylation is 1. The molecular weight excluding hydrogens is 214 g/mol. The highest BCUT2D eigenvalue weighted by molar-refractivity contribution is 5.51. The van der Waals surface area contributed by atoms with E-state index in [-0.39, 0.29) is 0 Å². The van der Waals surface area contributed by atoms with E-state index in [4.69, 9.17) is 10.2 Å². The molecule has 2 N–H and O–H groups in total. The predicted molar refractivity (Wildman–Crippen MR) is 67.7 cm³/mol. The molecule has 0 saturated carbocycles.